The van der Waals surface area contributed by atoms with Crippen LogP contribution >= 0.6 is 0 Å². The molecule has 0 saturated heterocycles. The van der Waals surface area contributed by atoms with Crippen LogP contribution in [-0.2, 0) is 94.3 Å². The third-order valence-electron chi connectivity index (χ3n) is 5.94. The molecule has 66 heavy (non-hydrogen) atoms. The van der Waals surface area contributed by atoms with Gasteiger partial charge in [-0.25, -0.2) is 33.7 Å². The first-order chi connectivity index (χ1) is 29.6. The minimum Gasteiger partial charge on any atom is -0.439 e. The van der Waals surface area contributed by atoms with E-state index in [1.807, 2.05) is 86.6 Å². The van der Waals surface area contributed by atoms with Crippen molar-refractivity contribution in [1.29, 1.82) is 0 Å². The Kier molecular flexibility index (Phi) is 31.1. The van der Waals surface area contributed by atoms with Crippen molar-refractivity contribution >= 4 is 86.6 Å². The molecule has 0 bridgehead atoms. The van der Waals surface area contributed by atoms with E-state index in [-0.39, 0.29) is 72.7 Å². The van der Waals surface area contributed by atoms with Crippen LogP contribution in [0.25, 0.3) is 29.5 Å². The van der Waals surface area contributed by atoms with Gasteiger partial charge in [0.25, 0.3) is 0 Å². The molecule has 0 fully saturated rings. The molecular formula is C38H44N12Ni3O9S4. The summed E-state index contributed by atoms with van der Waals surface area (Å²) in [5.41, 5.74) is 0. The fourth-order valence-electron chi connectivity index (χ4n) is 3.83. The number of ether oxygens (including phenoxy) is 1. The monoisotopic (exact) mass is 1110 g/mol. The van der Waals surface area contributed by atoms with E-state index in [1.54, 1.807) is 24.8 Å². The van der Waals surface area contributed by atoms with E-state index in [1.165, 1.54) is 36.4 Å². The second-order valence-corrected chi connectivity index (χ2v) is 18.4. The summed E-state index contributed by atoms with van der Waals surface area (Å²) in [4.78, 5) is 23.6. The maximum atomic E-state index is 10.8. The van der Waals surface area contributed by atoms with E-state index in [4.69, 9.17) is 4.74 Å². The molecule has 0 N–H and O–H groups in total. The molecule has 6 rings (SSSR count). The van der Waals surface area contributed by atoms with Gasteiger partial charge in [-0.2, -0.15) is 0 Å². The zero-order valence-corrected chi connectivity index (χ0v) is 42.0. The molecular weight excluding hydrogens is 1070 g/mol. The van der Waals surface area contributed by atoms with Gasteiger partial charge in [0.1, 0.15) is 0 Å². The number of hydrogen-bond donors (Lipinski definition) is 0. The zero-order valence-electron chi connectivity index (χ0n) is 35.7. The van der Waals surface area contributed by atoms with Gasteiger partial charge in [0.05, 0.1) is 0 Å². The van der Waals surface area contributed by atoms with Crippen molar-refractivity contribution in [2.45, 2.75) is 13.8 Å². The predicted octanol–water partition coefficient (Wildman–Crippen LogP) is 8.68. The number of nitrogens with zero attached hydrogens (tertiary/aromatic N) is 12. The third-order valence-corrected chi connectivity index (χ3v) is 8.02. The molecule has 6 heterocycles. The summed E-state index contributed by atoms with van der Waals surface area (Å²) < 4.78 is 105. The Hall–Kier alpha value is -5.06. The van der Waals surface area contributed by atoms with Gasteiger partial charge in [-0.3, -0.25) is 0 Å². The summed E-state index contributed by atoms with van der Waals surface area (Å²) >= 11 is 0. The SMILES string of the molecule is CCOCC.CS(=O)(=O)[N-]c1cccc([N-]S(C)(=O)=O)n1.CS(=O)(=O)[N-]c1cccc([N-]S(C)(=O)=O)n1.[Ni+2].[Ni+2].[Ni+2].c1ccc([N-]c2ccccn2)nc1.c1ccc([N-]c2ccccn2)nc1. The molecule has 0 amide bonds. The molecule has 21 nitrogen and oxygen atoms in total. The van der Waals surface area contributed by atoms with Crippen LogP contribution in [0, 0.1) is 0 Å². The van der Waals surface area contributed by atoms with Gasteiger partial charge in [0.2, 0.25) is 0 Å². The summed E-state index contributed by atoms with van der Waals surface area (Å²) in [5, 5.41) is 8.44. The normalized spacial score (nSPS) is 10.3. The van der Waals surface area contributed by atoms with Crippen LogP contribution in [0.4, 0.5) is 46.5 Å². The van der Waals surface area contributed by atoms with E-state index in [0.717, 1.165) is 38.2 Å². The number of aromatic nitrogens is 6. The Morgan fingerprint density at radius 1 is 0.364 bits per heavy atom. The third kappa shape index (κ3) is 33.4. The Labute approximate surface area is 417 Å². The van der Waals surface area contributed by atoms with Crippen LogP contribution in [0.5, 0.6) is 0 Å². The Balaban J connectivity index is 0. The largest absolute Gasteiger partial charge is 2.00 e. The minimum absolute atomic E-state index is 0. The molecule has 0 radical (unpaired) electrons. The van der Waals surface area contributed by atoms with Gasteiger partial charge in [0, 0.05) is 61.5 Å². The van der Waals surface area contributed by atoms with E-state index >= 15 is 0 Å². The second kappa shape index (κ2) is 32.6. The number of hydrogen-bond acceptors (Lipinski definition) is 15. The molecule has 0 unspecified atom stereocenters. The fourth-order valence-corrected chi connectivity index (χ4v) is 5.59. The summed E-state index contributed by atoms with van der Waals surface area (Å²) in [6, 6.07) is 30.6. The molecule has 364 valence electrons. The van der Waals surface area contributed by atoms with Gasteiger partial charge in [0.15, 0.2) is 40.1 Å². The van der Waals surface area contributed by atoms with Crippen LogP contribution in [0.15, 0.2) is 134 Å². The van der Waals surface area contributed by atoms with Crippen LogP contribution in [0.3, 0.4) is 0 Å². The van der Waals surface area contributed by atoms with E-state index < -0.39 is 40.1 Å². The van der Waals surface area contributed by atoms with Gasteiger partial charge >= 0.3 is 49.5 Å². The molecule has 0 spiro atoms. The summed E-state index contributed by atoms with van der Waals surface area (Å²) in [6.07, 6.45) is 10.5. The number of rotatable bonds is 14. The van der Waals surface area contributed by atoms with E-state index in [2.05, 4.69) is 59.4 Å². The molecule has 0 aliphatic rings. The smallest absolute Gasteiger partial charge is 0.439 e. The quantitative estimate of drug-likeness (QED) is 0.0921. The average Bonchev–Trinajstić information content (AvgIpc) is 3.19. The standard InChI is InChI=1S/2C10H8N3.2C7H9N3O4S2.C4H10O.3Ni/c2*1-3-7-11-9(5-1)13-10-6-2-4-8-12-10;2*1-15(11,12)9-6-4-3-5-7(8-6)10-16(2,13)14;1-3-5-4-2;;;/h2*1-8H;2*3-5H,1-2H3;3-4H2,1-2H3;;;/q2*-1;2*-2;;3*+2. The van der Waals surface area contributed by atoms with Crippen LogP contribution < -0.4 is 0 Å². The zero-order chi connectivity index (χ0) is 46.8. The Morgan fingerprint density at radius 2 is 0.576 bits per heavy atom. The van der Waals surface area contributed by atoms with Crippen molar-refractivity contribution in [2.75, 3.05) is 38.2 Å². The van der Waals surface area contributed by atoms with E-state index in [9.17, 15) is 33.7 Å². The first-order valence-corrected chi connectivity index (χ1v) is 25.3. The summed E-state index contributed by atoms with van der Waals surface area (Å²) in [5.74, 6) is 2.31. The molecule has 0 aromatic carbocycles. The van der Waals surface area contributed by atoms with Gasteiger partial charge in [-0.05, 0) is 86.2 Å². The molecule has 0 atom stereocenters. The first-order valence-electron chi connectivity index (χ1n) is 17.9. The second-order valence-electron chi connectivity index (χ2n) is 11.8. The van der Waals surface area contributed by atoms with Gasteiger partial charge in [-0.1, -0.05) is 84.9 Å². The topological polar surface area (TPSA) is 308 Å². The number of pyridine rings is 6. The Morgan fingerprint density at radius 3 is 0.727 bits per heavy atom. The fraction of sp³-hybridized carbons (Fsp3) is 0.211. The Bertz CT molecular complexity index is 2340. The van der Waals surface area contributed by atoms with Crippen molar-refractivity contribution in [1.82, 2.24) is 29.9 Å². The maximum Gasteiger partial charge on any atom is 2.00 e. The molecule has 0 aliphatic heterocycles. The summed E-state index contributed by atoms with van der Waals surface area (Å²) in [6.45, 7) is 5.67. The average molecular weight is 1120 g/mol. The van der Waals surface area contributed by atoms with Crippen molar-refractivity contribution in [2.24, 2.45) is 0 Å². The van der Waals surface area contributed by atoms with Crippen molar-refractivity contribution < 1.29 is 87.9 Å². The van der Waals surface area contributed by atoms with Gasteiger partial charge in [-0.15, -0.1) is 0 Å². The minimum atomic E-state index is -3.57. The van der Waals surface area contributed by atoms with Gasteiger partial charge < -0.3 is 64.2 Å². The predicted molar refractivity (Wildman–Crippen MR) is 244 cm³/mol. The van der Waals surface area contributed by atoms with Crippen molar-refractivity contribution in [3.8, 4) is 0 Å². The molecule has 0 saturated carbocycles. The summed E-state index contributed by atoms with van der Waals surface area (Å²) in [7, 11) is -14.3. The molecule has 6 aromatic rings. The number of sulfonamides is 4. The van der Waals surface area contributed by atoms with Crippen LogP contribution in [0.2, 0.25) is 0 Å². The molecule has 0 aliphatic carbocycles. The first kappa shape index (κ1) is 63.0. The van der Waals surface area contributed by atoms with Crippen LogP contribution in [-0.4, -0.2) is 102 Å². The van der Waals surface area contributed by atoms with E-state index in [0.29, 0.717) is 23.3 Å². The molecule has 6 aromatic heterocycles. The van der Waals surface area contributed by atoms with Crippen LogP contribution in [0.1, 0.15) is 13.8 Å². The van der Waals surface area contributed by atoms with Crippen molar-refractivity contribution in [3.05, 3.63) is 164 Å². The van der Waals surface area contributed by atoms with Crippen molar-refractivity contribution in [3.63, 3.8) is 0 Å². The maximum absolute atomic E-state index is 10.8. The molecule has 28 heteroatoms.